The quantitative estimate of drug-likeness (QED) is 0.838. The first kappa shape index (κ1) is 14.1. The molecule has 21 heavy (non-hydrogen) atoms. The molecule has 2 heteroatoms. The van der Waals surface area contributed by atoms with Crippen molar-refractivity contribution in [1.29, 1.82) is 0 Å². The molecule has 0 radical (unpaired) electrons. The summed E-state index contributed by atoms with van der Waals surface area (Å²) in [5, 5.41) is 0. The third-order valence-corrected chi connectivity index (χ3v) is 4.15. The highest BCUT2D eigenvalue weighted by atomic mass is 16.5. The van der Waals surface area contributed by atoms with Gasteiger partial charge in [-0.2, -0.15) is 0 Å². The Morgan fingerprint density at radius 3 is 2.24 bits per heavy atom. The highest BCUT2D eigenvalue weighted by Gasteiger charge is 2.36. The zero-order valence-corrected chi connectivity index (χ0v) is 12.5. The lowest BCUT2D eigenvalue weighted by Gasteiger charge is -2.19. The Balaban J connectivity index is 1.75. The zero-order chi connectivity index (χ0) is 14.7. The van der Waals surface area contributed by atoms with Crippen LogP contribution in [0.3, 0.4) is 0 Å². The molecule has 1 aliphatic rings. The Labute approximate surface area is 126 Å². The van der Waals surface area contributed by atoms with Gasteiger partial charge >= 0.3 is 0 Å². The Morgan fingerprint density at radius 2 is 1.57 bits per heavy atom. The molecular formula is C19H21NO. The summed E-state index contributed by atoms with van der Waals surface area (Å²) >= 11 is 0. The molecule has 1 aliphatic heterocycles. The molecule has 0 spiro atoms. The molecule has 0 unspecified atom stereocenters. The third kappa shape index (κ3) is 3.07. The first-order chi connectivity index (χ1) is 10.3. The second-order valence-electron chi connectivity index (χ2n) is 5.53. The number of likely N-dealkylation sites (N-methyl/N-ethyl adjacent to an activating group) is 1. The van der Waals surface area contributed by atoms with Crippen LogP contribution >= 0.6 is 0 Å². The largest absolute Gasteiger partial charge is 0.350 e. The van der Waals surface area contributed by atoms with Crippen LogP contribution in [0.2, 0.25) is 0 Å². The van der Waals surface area contributed by atoms with Crippen LogP contribution in [-0.4, -0.2) is 24.2 Å². The lowest BCUT2D eigenvalue weighted by atomic mass is 10.0. The average Bonchev–Trinajstić information content (AvgIpc) is 2.83. The number of nitrogens with zero attached hydrogens (tertiary/aromatic N) is 1. The van der Waals surface area contributed by atoms with E-state index < -0.39 is 0 Å². The number of hydrogen-bond acceptors (Lipinski definition) is 2. The van der Waals surface area contributed by atoms with Gasteiger partial charge in [0.25, 0.3) is 0 Å². The van der Waals surface area contributed by atoms with E-state index in [1.807, 2.05) is 24.3 Å². The molecular weight excluding hydrogens is 258 g/mol. The summed E-state index contributed by atoms with van der Waals surface area (Å²) in [6, 6.07) is 21.1. The van der Waals surface area contributed by atoms with Crippen molar-refractivity contribution >= 4 is 6.08 Å². The zero-order valence-electron chi connectivity index (χ0n) is 12.5. The predicted molar refractivity (Wildman–Crippen MR) is 86.8 cm³/mol. The summed E-state index contributed by atoms with van der Waals surface area (Å²) in [4.78, 5) is 2.27. The van der Waals surface area contributed by atoms with E-state index in [2.05, 4.69) is 67.4 Å². The van der Waals surface area contributed by atoms with Gasteiger partial charge in [-0.25, -0.2) is 0 Å². The van der Waals surface area contributed by atoms with E-state index in [4.69, 9.17) is 4.74 Å². The van der Waals surface area contributed by atoms with Gasteiger partial charge in [0, 0.05) is 6.04 Å². The number of hydrogen-bond donors (Lipinski definition) is 0. The summed E-state index contributed by atoms with van der Waals surface area (Å²) < 4.78 is 6.23. The average molecular weight is 279 g/mol. The van der Waals surface area contributed by atoms with Crippen molar-refractivity contribution < 1.29 is 4.74 Å². The maximum absolute atomic E-state index is 6.23. The van der Waals surface area contributed by atoms with Gasteiger partial charge in [-0.15, -0.1) is 0 Å². The minimum Gasteiger partial charge on any atom is -0.350 e. The van der Waals surface area contributed by atoms with Gasteiger partial charge in [0.05, 0.1) is 0 Å². The molecule has 108 valence electrons. The summed E-state index contributed by atoms with van der Waals surface area (Å²) in [6.45, 7) is 2.22. The Bertz CT molecular complexity index is 593. The molecule has 3 rings (SSSR count). The summed E-state index contributed by atoms with van der Waals surface area (Å²) in [5.74, 6) is 0. The van der Waals surface area contributed by atoms with Crippen molar-refractivity contribution in [3.63, 3.8) is 0 Å². The van der Waals surface area contributed by atoms with Crippen LogP contribution in [0, 0.1) is 0 Å². The van der Waals surface area contributed by atoms with Crippen LogP contribution in [0.1, 0.15) is 24.2 Å². The molecule has 2 nitrogen and oxygen atoms in total. The number of rotatable bonds is 3. The van der Waals surface area contributed by atoms with E-state index in [1.165, 1.54) is 11.1 Å². The maximum Gasteiger partial charge on any atom is 0.131 e. The number of benzene rings is 2. The molecule has 3 atom stereocenters. The van der Waals surface area contributed by atoms with Crippen LogP contribution in [0.25, 0.3) is 6.08 Å². The van der Waals surface area contributed by atoms with Gasteiger partial charge < -0.3 is 4.74 Å². The van der Waals surface area contributed by atoms with Gasteiger partial charge in [-0.1, -0.05) is 66.7 Å². The van der Waals surface area contributed by atoms with E-state index in [9.17, 15) is 0 Å². The van der Waals surface area contributed by atoms with E-state index >= 15 is 0 Å². The van der Waals surface area contributed by atoms with Gasteiger partial charge in [0.15, 0.2) is 0 Å². The fraction of sp³-hybridized carbons (Fsp3) is 0.263. The van der Waals surface area contributed by atoms with Crippen molar-refractivity contribution in [2.75, 3.05) is 7.05 Å². The summed E-state index contributed by atoms with van der Waals surface area (Å²) in [5.41, 5.74) is 2.44. The molecule has 1 heterocycles. The van der Waals surface area contributed by atoms with Crippen molar-refractivity contribution in [1.82, 2.24) is 4.90 Å². The molecule has 0 N–H and O–H groups in total. The molecule has 0 aromatic heterocycles. The Morgan fingerprint density at radius 1 is 0.952 bits per heavy atom. The molecule has 2 aromatic carbocycles. The Kier molecular flexibility index (Phi) is 4.18. The predicted octanol–water partition coefficient (Wildman–Crippen LogP) is 4.12. The van der Waals surface area contributed by atoms with Crippen LogP contribution in [0.5, 0.6) is 0 Å². The van der Waals surface area contributed by atoms with E-state index in [1.54, 1.807) is 0 Å². The van der Waals surface area contributed by atoms with Crippen LogP contribution < -0.4 is 0 Å². The van der Waals surface area contributed by atoms with Crippen molar-refractivity contribution in [2.45, 2.75) is 25.3 Å². The van der Waals surface area contributed by atoms with Gasteiger partial charge in [0.1, 0.15) is 12.3 Å². The minimum atomic E-state index is 0.0189. The maximum atomic E-state index is 6.23. The normalized spacial score (nSPS) is 26.5. The molecule has 0 bridgehead atoms. The lowest BCUT2D eigenvalue weighted by molar-refractivity contribution is 0.0412. The molecule has 1 fully saturated rings. The number of ether oxygens (including phenoxy) is 1. The molecule has 1 saturated heterocycles. The lowest BCUT2D eigenvalue weighted by Crippen LogP contribution is -2.30. The summed E-state index contributed by atoms with van der Waals surface area (Å²) in [7, 11) is 2.12. The Hall–Kier alpha value is -1.90. The topological polar surface area (TPSA) is 12.5 Å². The smallest absolute Gasteiger partial charge is 0.131 e. The second kappa shape index (κ2) is 6.25. The fourth-order valence-corrected chi connectivity index (χ4v) is 2.74. The monoisotopic (exact) mass is 279 g/mol. The van der Waals surface area contributed by atoms with E-state index in [0.29, 0.717) is 6.04 Å². The van der Waals surface area contributed by atoms with E-state index in [-0.39, 0.29) is 12.3 Å². The van der Waals surface area contributed by atoms with Crippen LogP contribution in [0.15, 0.2) is 66.7 Å². The standard InChI is InChI=1S/C19H21NO/c1-15-19(17-11-7-4-8-12-17)21-18(20(15)2)14-13-16-9-5-3-6-10-16/h3-15,18-19H,1-2H3/b14-13+/t15-,18-,19+/m0/s1. The van der Waals surface area contributed by atoms with Gasteiger partial charge in [0.2, 0.25) is 0 Å². The van der Waals surface area contributed by atoms with Crippen molar-refractivity contribution in [3.05, 3.63) is 77.9 Å². The first-order valence-corrected chi connectivity index (χ1v) is 7.41. The molecule has 0 amide bonds. The SMILES string of the molecule is C[C@H]1[C@H](c2ccccc2)O[C@@H](/C=C/c2ccccc2)N1C. The summed E-state index contributed by atoms with van der Waals surface area (Å²) in [6.07, 6.45) is 4.41. The molecule has 2 aromatic rings. The first-order valence-electron chi connectivity index (χ1n) is 7.41. The van der Waals surface area contributed by atoms with E-state index in [0.717, 1.165) is 0 Å². The highest BCUT2D eigenvalue weighted by Crippen LogP contribution is 2.34. The van der Waals surface area contributed by atoms with Gasteiger partial charge in [-0.3, -0.25) is 4.90 Å². The second-order valence-corrected chi connectivity index (χ2v) is 5.53. The molecule has 0 aliphatic carbocycles. The highest BCUT2D eigenvalue weighted by molar-refractivity contribution is 5.49. The van der Waals surface area contributed by atoms with Crippen LogP contribution in [0.4, 0.5) is 0 Å². The fourth-order valence-electron chi connectivity index (χ4n) is 2.74. The molecule has 0 saturated carbocycles. The van der Waals surface area contributed by atoms with Gasteiger partial charge in [-0.05, 0) is 31.2 Å². The van der Waals surface area contributed by atoms with Crippen molar-refractivity contribution in [3.8, 4) is 0 Å². The van der Waals surface area contributed by atoms with Crippen molar-refractivity contribution in [2.24, 2.45) is 0 Å². The third-order valence-electron chi connectivity index (χ3n) is 4.15. The van der Waals surface area contributed by atoms with Crippen LogP contribution in [-0.2, 0) is 4.74 Å². The minimum absolute atomic E-state index is 0.0189.